The molecule has 0 amide bonds. The predicted octanol–water partition coefficient (Wildman–Crippen LogP) is 2.43. The second kappa shape index (κ2) is 4.59. The normalized spacial score (nSPS) is 25.6. The molecule has 2 nitrogen and oxygen atoms in total. The molecule has 0 spiro atoms. The van der Waals surface area contributed by atoms with Gasteiger partial charge < -0.3 is 5.73 Å². The molecular weight excluding hydrogens is 234 g/mol. The molecule has 0 bridgehead atoms. The smallest absolute Gasteiger partial charge is 0.152 e. The highest BCUT2D eigenvalue weighted by Gasteiger charge is 2.42. The van der Waals surface area contributed by atoms with Crippen LogP contribution in [0.3, 0.4) is 0 Å². The van der Waals surface area contributed by atoms with Crippen molar-refractivity contribution < 1.29 is 8.78 Å². The molecule has 2 rings (SSSR count). The molecule has 1 aliphatic rings. The topological polar surface area (TPSA) is 29.3 Å². The lowest BCUT2D eigenvalue weighted by molar-refractivity contribution is 0.153. The molecule has 1 atom stereocenters. The van der Waals surface area contributed by atoms with E-state index in [1.807, 2.05) is 18.7 Å². The van der Waals surface area contributed by atoms with Crippen LogP contribution in [0.15, 0.2) is 24.3 Å². The number of benzene rings is 1. The van der Waals surface area contributed by atoms with E-state index in [0.717, 1.165) is 0 Å². The van der Waals surface area contributed by atoms with Crippen molar-refractivity contribution in [3.05, 3.63) is 35.6 Å². The zero-order valence-corrected chi connectivity index (χ0v) is 10.9. The molecule has 0 aliphatic carbocycles. The summed E-state index contributed by atoms with van der Waals surface area (Å²) in [6, 6.07) is 6.10. The van der Waals surface area contributed by atoms with Crippen LogP contribution in [0.5, 0.6) is 0 Å². The van der Waals surface area contributed by atoms with Crippen molar-refractivity contribution in [2.24, 2.45) is 5.73 Å². The number of nitrogens with two attached hydrogens (primary N) is 1. The van der Waals surface area contributed by atoms with Crippen molar-refractivity contribution in [1.82, 2.24) is 4.90 Å². The van der Waals surface area contributed by atoms with Gasteiger partial charge in [0.1, 0.15) is 5.82 Å². The molecule has 1 aliphatic heterocycles. The molecule has 4 heteroatoms. The van der Waals surface area contributed by atoms with Crippen LogP contribution in [0.2, 0.25) is 0 Å². The van der Waals surface area contributed by atoms with Crippen LogP contribution in [-0.4, -0.2) is 30.1 Å². The maximum absolute atomic E-state index is 14.8. The minimum atomic E-state index is -1.59. The summed E-state index contributed by atoms with van der Waals surface area (Å²) in [7, 11) is 0. The molecule has 18 heavy (non-hydrogen) atoms. The van der Waals surface area contributed by atoms with Gasteiger partial charge in [0, 0.05) is 30.7 Å². The first-order valence-electron chi connectivity index (χ1n) is 6.25. The van der Waals surface area contributed by atoms with E-state index >= 15 is 0 Å². The molecule has 0 radical (unpaired) electrons. The maximum Gasteiger partial charge on any atom is 0.152 e. The van der Waals surface area contributed by atoms with Gasteiger partial charge in [-0.15, -0.1) is 0 Å². The Morgan fingerprint density at radius 3 is 2.67 bits per heavy atom. The Morgan fingerprint density at radius 2 is 2.06 bits per heavy atom. The van der Waals surface area contributed by atoms with Crippen LogP contribution in [0.25, 0.3) is 0 Å². The van der Waals surface area contributed by atoms with Crippen molar-refractivity contribution in [3.8, 4) is 0 Å². The van der Waals surface area contributed by atoms with E-state index in [1.54, 1.807) is 12.1 Å². The van der Waals surface area contributed by atoms with Crippen molar-refractivity contribution in [2.75, 3.05) is 19.6 Å². The fourth-order valence-electron chi connectivity index (χ4n) is 2.60. The van der Waals surface area contributed by atoms with E-state index < -0.39 is 11.5 Å². The molecule has 100 valence electrons. The highest BCUT2D eigenvalue weighted by Crippen LogP contribution is 2.37. The third-order valence-electron chi connectivity index (χ3n) is 3.29. The quantitative estimate of drug-likeness (QED) is 0.897. The molecule has 0 aromatic heterocycles. The fourth-order valence-corrected chi connectivity index (χ4v) is 2.60. The lowest BCUT2D eigenvalue weighted by Gasteiger charge is -2.27. The summed E-state index contributed by atoms with van der Waals surface area (Å²) in [6.07, 6.45) is 0.323. The molecule has 1 heterocycles. The predicted molar refractivity (Wildman–Crippen MR) is 68.5 cm³/mol. The van der Waals surface area contributed by atoms with Crippen LogP contribution in [-0.2, 0) is 5.67 Å². The van der Waals surface area contributed by atoms with Crippen molar-refractivity contribution >= 4 is 0 Å². The summed E-state index contributed by atoms with van der Waals surface area (Å²) in [5, 5.41) is 0. The summed E-state index contributed by atoms with van der Waals surface area (Å²) >= 11 is 0. The third kappa shape index (κ3) is 2.87. The number of rotatable bonds is 3. The summed E-state index contributed by atoms with van der Waals surface area (Å²) in [5.74, 6) is -0.464. The van der Waals surface area contributed by atoms with Crippen molar-refractivity contribution in [3.63, 3.8) is 0 Å². The van der Waals surface area contributed by atoms with E-state index in [1.165, 1.54) is 12.1 Å². The lowest BCUT2D eigenvalue weighted by Crippen LogP contribution is -2.45. The summed E-state index contributed by atoms with van der Waals surface area (Å²) in [5.41, 5.74) is 4.16. The van der Waals surface area contributed by atoms with Gasteiger partial charge >= 0.3 is 0 Å². The molecular formula is C14H20F2N2. The molecule has 0 saturated carbocycles. The Morgan fingerprint density at radius 1 is 1.39 bits per heavy atom. The molecule has 1 fully saturated rings. The molecule has 1 aromatic rings. The van der Waals surface area contributed by atoms with Crippen molar-refractivity contribution in [1.29, 1.82) is 0 Å². The average molecular weight is 254 g/mol. The molecule has 1 saturated heterocycles. The van der Waals surface area contributed by atoms with Crippen LogP contribution in [0.1, 0.15) is 25.8 Å². The highest BCUT2D eigenvalue weighted by molar-refractivity contribution is 5.26. The molecule has 1 unspecified atom stereocenters. The van der Waals surface area contributed by atoms with Gasteiger partial charge in [-0.3, -0.25) is 4.90 Å². The van der Waals surface area contributed by atoms with Gasteiger partial charge in [-0.05, 0) is 26.3 Å². The van der Waals surface area contributed by atoms with Crippen molar-refractivity contribution in [2.45, 2.75) is 31.5 Å². The number of alkyl halides is 1. The highest BCUT2D eigenvalue weighted by atomic mass is 19.1. The first-order chi connectivity index (χ1) is 8.30. The monoisotopic (exact) mass is 254 g/mol. The summed E-state index contributed by atoms with van der Waals surface area (Å²) in [4.78, 5) is 1.96. The van der Waals surface area contributed by atoms with E-state index in [2.05, 4.69) is 0 Å². The van der Waals surface area contributed by atoms with Crippen LogP contribution in [0.4, 0.5) is 8.78 Å². The van der Waals surface area contributed by atoms with E-state index in [9.17, 15) is 8.78 Å². The van der Waals surface area contributed by atoms with Gasteiger partial charge in [-0.25, -0.2) is 8.78 Å². The zero-order chi connectivity index (χ0) is 13.4. The van der Waals surface area contributed by atoms with Gasteiger partial charge in [-0.1, -0.05) is 18.2 Å². The number of nitrogens with zero attached hydrogens (tertiary/aromatic N) is 1. The first-order valence-corrected chi connectivity index (χ1v) is 6.25. The van der Waals surface area contributed by atoms with Crippen LogP contribution < -0.4 is 5.73 Å². The Balaban J connectivity index is 2.14. The van der Waals surface area contributed by atoms with Gasteiger partial charge in [0.15, 0.2) is 5.67 Å². The number of likely N-dealkylation sites (tertiary alicyclic amines) is 1. The van der Waals surface area contributed by atoms with Crippen LogP contribution in [0, 0.1) is 5.82 Å². The Kier molecular flexibility index (Phi) is 3.43. The SMILES string of the molecule is CC(C)(N)CN1CCC(F)(c2ccccc2F)C1. The maximum atomic E-state index is 14.8. The zero-order valence-electron chi connectivity index (χ0n) is 10.9. The first kappa shape index (κ1) is 13.4. The minimum Gasteiger partial charge on any atom is -0.324 e. The Hall–Kier alpha value is -1.00. The second-order valence-electron chi connectivity index (χ2n) is 5.89. The van der Waals surface area contributed by atoms with E-state index in [4.69, 9.17) is 5.73 Å². The number of hydrogen-bond donors (Lipinski definition) is 1. The Bertz CT molecular complexity index is 428. The minimum absolute atomic E-state index is 0.169. The average Bonchev–Trinajstić information content (AvgIpc) is 2.59. The van der Waals surface area contributed by atoms with Gasteiger partial charge in [0.2, 0.25) is 0 Å². The summed E-state index contributed by atoms with van der Waals surface area (Å²) in [6.45, 7) is 5.27. The third-order valence-corrected chi connectivity index (χ3v) is 3.29. The van der Waals surface area contributed by atoms with E-state index in [-0.39, 0.29) is 17.6 Å². The standard InChI is InChI=1S/C14H20F2N2/c1-13(2,17)9-18-8-7-14(16,10-18)11-5-3-4-6-12(11)15/h3-6H,7-10,17H2,1-2H3. The van der Waals surface area contributed by atoms with E-state index in [0.29, 0.717) is 19.5 Å². The van der Waals surface area contributed by atoms with Crippen LogP contribution >= 0.6 is 0 Å². The largest absolute Gasteiger partial charge is 0.324 e. The van der Waals surface area contributed by atoms with Gasteiger partial charge in [-0.2, -0.15) is 0 Å². The lowest BCUT2D eigenvalue weighted by atomic mass is 9.94. The Labute approximate surface area is 107 Å². The van der Waals surface area contributed by atoms with Gasteiger partial charge in [0.25, 0.3) is 0 Å². The number of hydrogen-bond acceptors (Lipinski definition) is 2. The number of halogens is 2. The molecule has 1 aromatic carbocycles. The molecule has 2 N–H and O–H groups in total. The van der Waals surface area contributed by atoms with Gasteiger partial charge in [0.05, 0.1) is 0 Å². The summed E-state index contributed by atoms with van der Waals surface area (Å²) < 4.78 is 28.5. The fraction of sp³-hybridized carbons (Fsp3) is 0.571. The second-order valence-corrected chi connectivity index (χ2v) is 5.89.